The van der Waals surface area contributed by atoms with Gasteiger partial charge < -0.3 is 20.7 Å². The van der Waals surface area contributed by atoms with Crippen molar-refractivity contribution in [2.45, 2.75) is 6.04 Å². The van der Waals surface area contributed by atoms with Gasteiger partial charge in [-0.05, 0) is 6.07 Å². The van der Waals surface area contributed by atoms with Crippen LogP contribution in [0.1, 0.15) is 5.56 Å². The summed E-state index contributed by atoms with van der Waals surface area (Å²) in [4.78, 5) is 17.8. The van der Waals surface area contributed by atoms with E-state index in [9.17, 15) is 4.79 Å². The van der Waals surface area contributed by atoms with E-state index < -0.39 is 6.04 Å². The summed E-state index contributed by atoms with van der Waals surface area (Å²) < 4.78 is 5.32. The van der Waals surface area contributed by atoms with Gasteiger partial charge in [0.1, 0.15) is 12.1 Å². The Kier molecular flexibility index (Phi) is 3.82. The quantitative estimate of drug-likeness (QED) is 0.742. The molecular formula is C12H15N5O2. The number of nitrogens with two attached hydrogens (primary N) is 1. The zero-order valence-corrected chi connectivity index (χ0v) is 10.6. The number of hydrogen-bond acceptors (Lipinski definition) is 6. The van der Waals surface area contributed by atoms with Gasteiger partial charge in [0, 0.05) is 19.8 Å². The predicted octanol–water partition coefficient (Wildman–Crippen LogP) is -0.513. The van der Waals surface area contributed by atoms with Gasteiger partial charge >= 0.3 is 0 Å². The number of rotatable bonds is 2. The minimum absolute atomic E-state index is 0.148. The number of nitrogens with one attached hydrogen (secondary N) is 1. The Bertz CT molecular complexity index is 525. The Morgan fingerprint density at radius 2 is 2.53 bits per heavy atom. The van der Waals surface area contributed by atoms with Crippen molar-refractivity contribution in [3.05, 3.63) is 17.8 Å². The fraction of sp³-hybridized carbons (Fsp3) is 0.417. The minimum atomic E-state index is -0.457. The Labute approximate surface area is 111 Å². The van der Waals surface area contributed by atoms with Crippen molar-refractivity contribution >= 4 is 17.4 Å². The van der Waals surface area contributed by atoms with Crippen molar-refractivity contribution < 1.29 is 9.53 Å². The van der Waals surface area contributed by atoms with Crippen LogP contribution in [-0.4, -0.2) is 43.7 Å². The highest BCUT2D eigenvalue weighted by molar-refractivity contribution is 5.86. The number of nitriles is 1. The summed E-state index contributed by atoms with van der Waals surface area (Å²) >= 11 is 0. The Morgan fingerprint density at radius 1 is 1.74 bits per heavy atom. The third kappa shape index (κ3) is 2.58. The van der Waals surface area contributed by atoms with E-state index in [0.29, 0.717) is 36.8 Å². The molecule has 1 aliphatic heterocycles. The third-order valence-electron chi connectivity index (χ3n) is 2.97. The van der Waals surface area contributed by atoms with Crippen LogP contribution in [0.4, 0.5) is 11.5 Å². The smallest absolute Gasteiger partial charge is 0.244 e. The molecule has 0 aromatic carbocycles. The van der Waals surface area contributed by atoms with Crippen molar-refractivity contribution in [2.75, 3.05) is 37.4 Å². The summed E-state index contributed by atoms with van der Waals surface area (Å²) in [7, 11) is 1.57. The first-order valence-electron chi connectivity index (χ1n) is 5.89. The predicted molar refractivity (Wildman–Crippen MR) is 69.4 cm³/mol. The first-order valence-corrected chi connectivity index (χ1v) is 5.89. The van der Waals surface area contributed by atoms with Crippen molar-refractivity contribution in [1.29, 1.82) is 5.26 Å². The molecule has 1 atom stereocenters. The van der Waals surface area contributed by atoms with Crippen LogP contribution in [0.2, 0.25) is 0 Å². The van der Waals surface area contributed by atoms with E-state index in [4.69, 9.17) is 15.7 Å². The van der Waals surface area contributed by atoms with E-state index in [2.05, 4.69) is 10.3 Å². The second kappa shape index (κ2) is 5.54. The standard InChI is InChI=1S/C12H15N5O2/c1-15-12(18)10-7-19-3-2-17(10)11-9(14)4-8(5-13)6-16-11/h4,6,10H,2-3,7,14H2,1H3,(H,15,18). The fourth-order valence-electron chi connectivity index (χ4n) is 2.02. The molecule has 1 amide bonds. The van der Waals surface area contributed by atoms with Gasteiger partial charge in [0.05, 0.1) is 24.5 Å². The monoisotopic (exact) mass is 261 g/mol. The molecule has 2 rings (SSSR count). The molecule has 3 N–H and O–H groups in total. The highest BCUT2D eigenvalue weighted by Gasteiger charge is 2.30. The Hall–Kier alpha value is -2.33. The van der Waals surface area contributed by atoms with Crippen LogP contribution in [0.25, 0.3) is 0 Å². The maximum Gasteiger partial charge on any atom is 0.244 e. The number of likely N-dealkylation sites (N-methyl/N-ethyl adjacent to an activating group) is 1. The van der Waals surface area contributed by atoms with Crippen molar-refractivity contribution in [1.82, 2.24) is 10.3 Å². The Morgan fingerprint density at radius 3 is 3.16 bits per heavy atom. The van der Waals surface area contributed by atoms with Gasteiger partial charge in [-0.15, -0.1) is 0 Å². The summed E-state index contributed by atoms with van der Waals surface area (Å²) in [6.45, 7) is 1.33. The molecule has 0 radical (unpaired) electrons. The second-order valence-corrected chi connectivity index (χ2v) is 4.15. The third-order valence-corrected chi connectivity index (χ3v) is 2.97. The molecule has 1 aliphatic rings. The largest absolute Gasteiger partial charge is 0.396 e. The molecule has 7 nitrogen and oxygen atoms in total. The number of aromatic nitrogens is 1. The fourth-order valence-corrected chi connectivity index (χ4v) is 2.02. The summed E-state index contributed by atoms with van der Waals surface area (Å²) in [6.07, 6.45) is 1.45. The molecule has 0 saturated carbocycles. The van der Waals surface area contributed by atoms with Gasteiger partial charge in [0.15, 0.2) is 5.82 Å². The molecule has 1 fully saturated rings. The summed E-state index contributed by atoms with van der Waals surface area (Å²) in [5.41, 5.74) is 6.68. The Balaban J connectivity index is 2.32. The molecule has 1 aromatic heterocycles. The normalized spacial score (nSPS) is 18.7. The average molecular weight is 261 g/mol. The molecule has 2 heterocycles. The molecule has 1 unspecified atom stereocenters. The van der Waals surface area contributed by atoms with Crippen LogP contribution < -0.4 is 16.0 Å². The highest BCUT2D eigenvalue weighted by Crippen LogP contribution is 2.24. The van der Waals surface area contributed by atoms with Crippen molar-refractivity contribution in [3.8, 4) is 6.07 Å². The lowest BCUT2D eigenvalue weighted by molar-refractivity contribution is -0.124. The first-order chi connectivity index (χ1) is 9.17. The number of ether oxygens (including phenoxy) is 1. The van der Waals surface area contributed by atoms with E-state index in [1.165, 1.54) is 6.20 Å². The summed E-state index contributed by atoms with van der Waals surface area (Å²) in [5.74, 6) is 0.362. The van der Waals surface area contributed by atoms with Crippen LogP contribution in [0, 0.1) is 11.3 Å². The lowest BCUT2D eigenvalue weighted by atomic mass is 10.2. The maximum absolute atomic E-state index is 11.8. The van der Waals surface area contributed by atoms with Crippen LogP contribution in [-0.2, 0) is 9.53 Å². The van der Waals surface area contributed by atoms with Crippen LogP contribution in [0.3, 0.4) is 0 Å². The van der Waals surface area contributed by atoms with E-state index in [0.717, 1.165) is 0 Å². The van der Waals surface area contributed by atoms with E-state index in [1.54, 1.807) is 18.0 Å². The molecule has 7 heteroatoms. The maximum atomic E-state index is 11.8. The number of nitrogen functional groups attached to an aromatic ring is 1. The molecule has 100 valence electrons. The number of anilines is 2. The highest BCUT2D eigenvalue weighted by atomic mass is 16.5. The first kappa shape index (κ1) is 13.1. The summed E-state index contributed by atoms with van der Waals surface area (Å²) in [5, 5.41) is 11.4. The van der Waals surface area contributed by atoms with Gasteiger partial charge in [-0.2, -0.15) is 5.26 Å². The van der Waals surface area contributed by atoms with E-state index >= 15 is 0 Å². The topological polar surface area (TPSA) is 104 Å². The number of morpholine rings is 1. The molecule has 1 aromatic rings. The van der Waals surface area contributed by atoms with Crippen LogP contribution in [0.5, 0.6) is 0 Å². The lowest BCUT2D eigenvalue weighted by Gasteiger charge is -2.35. The number of carbonyl (C=O) groups is 1. The molecule has 0 bridgehead atoms. The molecule has 19 heavy (non-hydrogen) atoms. The van der Waals surface area contributed by atoms with Crippen LogP contribution in [0.15, 0.2) is 12.3 Å². The number of pyridine rings is 1. The van der Waals surface area contributed by atoms with Crippen molar-refractivity contribution in [2.24, 2.45) is 0 Å². The summed E-state index contributed by atoms with van der Waals surface area (Å²) in [6, 6.07) is 3.08. The molecular weight excluding hydrogens is 246 g/mol. The van der Waals surface area contributed by atoms with Gasteiger partial charge in [0.25, 0.3) is 0 Å². The number of hydrogen-bond donors (Lipinski definition) is 2. The average Bonchev–Trinajstić information content (AvgIpc) is 2.46. The van der Waals surface area contributed by atoms with Gasteiger partial charge in [-0.3, -0.25) is 4.79 Å². The van der Waals surface area contributed by atoms with Gasteiger partial charge in [-0.1, -0.05) is 0 Å². The molecule has 0 spiro atoms. The van der Waals surface area contributed by atoms with Gasteiger partial charge in [-0.25, -0.2) is 4.98 Å². The van der Waals surface area contributed by atoms with E-state index in [1.807, 2.05) is 6.07 Å². The molecule has 0 aliphatic carbocycles. The SMILES string of the molecule is CNC(=O)C1COCCN1c1ncc(C#N)cc1N. The number of amides is 1. The minimum Gasteiger partial charge on any atom is -0.396 e. The number of carbonyl (C=O) groups excluding carboxylic acids is 1. The zero-order chi connectivity index (χ0) is 13.8. The lowest BCUT2D eigenvalue weighted by Crippen LogP contribution is -2.53. The second-order valence-electron chi connectivity index (χ2n) is 4.15. The zero-order valence-electron chi connectivity index (χ0n) is 10.6. The van der Waals surface area contributed by atoms with Crippen molar-refractivity contribution in [3.63, 3.8) is 0 Å². The van der Waals surface area contributed by atoms with E-state index in [-0.39, 0.29) is 5.91 Å². The van der Waals surface area contributed by atoms with Crippen LogP contribution >= 0.6 is 0 Å². The molecule has 1 saturated heterocycles. The number of nitrogens with zero attached hydrogens (tertiary/aromatic N) is 3. The van der Waals surface area contributed by atoms with Gasteiger partial charge in [0.2, 0.25) is 5.91 Å².